The Morgan fingerprint density at radius 2 is 1.85 bits per heavy atom. The van der Waals surface area contributed by atoms with Crippen LogP contribution in [-0.4, -0.2) is 50.0 Å². The van der Waals surface area contributed by atoms with Crippen LogP contribution >= 0.6 is 0 Å². The molecule has 1 aliphatic heterocycles. The molecule has 0 unspecified atom stereocenters. The summed E-state index contributed by atoms with van der Waals surface area (Å²) in [7, 11) is 1.57. The van der Waals surface area contributed by atoms with Gasteiger partial charge in [-0.1, -0.05) is 0 Å². The fourth-order valence-corrected chi connectivity index (χ4v) is 2.81. The minimum absolute atomic E-state index is 0.0862. The number of carbonyl (C=O) groups excluding carboxylic acids is 3. The maximum absolute atomic E-state index is 12.5. The molecular weight excluding hydrogens is 340 g/mol. The molecule has 26 heavy (non-hydrogen) atoms. The Hall–Kier alpha value is -3.49. The summed E-state index contributed by atoms with van der Waals surface area (Å²) in [6.07, 6.45) is 0. The van der Waals surface area contributed by atoms with Crippen LogP contribution in [0.1, 0.15) is 54.2 Å². The van der Waals surface area contributed by atoms with Gasteiger partial charge >= 0.3 is 5.97 Å². The molecule has 1 aromatic carbocycles. The van der Waals surface area contributed by atoms with E-state index in [1.807, 2.05) is 0 Å². The van der Waals surface area contributed by atoms with Gasteiger partial charge < -0.3 is 10.4 Å². The van der Waals surface area contributed by atoms with Crippen LogP contribution in [0.5, 0.6) is 0 Å². The lowest BCUT2D eigenvalue weighted by Crippen LogP contribution is -2.29. The zero-order valence-electron chi connectivity index (χ0n) is 14.4. The summed E-state index contributed by atoms with van der Waals surface area (Å²) < 4.78 is 1.35. The van der Waals surface area contributed by atoms with Gasteiger partial charge in [-0.3, -0.25) is 24.0 Å². The molecule has 0 fully saturated rings. The fourth-order valence-electron chi connectivity index (χ4n) is 2.81. The van der Waals surface area contributed by atoms with Crippen LogP contribution in [0.2, 0.25) is 0 Å². The van der Waals surface area contributed by atoms with Gasteiger partial charge in [-0.25, -0.2) is 4.79 Å². The largest absolute Gasteiger partial charge is 0.476 e. The van der Waals surface area contributed by atoms with E-state index >= 15 is 0 Å². The van der Waals surface area contributed by atoms with E-state index in [1.54, 1.807) is 20.9 Å². The van der Waals surface area contributed by atoms with Gasteiger partial charge in [0.15, 0.2) is 5.69 Å². The number of nitrogens with zero attached hydrogens (tertiary/aromatic N) is 3. The van der Waals surface area contributed by atoms with E-state index in [0.717, 1.165) is 4.90 Å². The number of carboxylic acids is 1. The molecule has 2 N–H and O–H groups in total. The first kappa shape index (κ1) is 17.3. The zero-order valence-corrected chi connectivity index (χ0v) is 14.4. The maximum Gasteiger partial charge on any atom is 0.358 e. The van der Waals surface area contributed by atoms with E-state index in [1.165, 1.54) is 22.9 Å². The first-order chi connectivity index (χ1) is 12.3. The Balaban J connectivity index is 1.95. The second kappa shape index (κ2) is 6.10. The summed E-state index contributed by atoms with van der Waals surface area (Å²) in [4.78, 5) is 49.3. The molecule has 2 heterocycles. The molecule has 3 rings (SSSR count). The predicted molar refractivity (Wildman–Crippen MR) is 90.3 cm³/mol. The zero-order chi connectivity index (χ0) is 19.2. The Morgan fingerprint density at radius 3 is 2.46 bits per heavy atom. The van der Waals surface area contributed by atoms with Crippen molar-refractivity contribution in [2.45, 2.75) is 13.8 Å². The number of aromatic nitrogens is 2. The van der Waals surface area contributed by atoms with Crippen molar-refractivity contribution in [2.75, 3.05) is 11.9 Å². The Bertz CT molecular complexity index is 976. The topological polar surface area (TPSA) is 122 Å². The average molecular weight is 356 g/mol. The molecule has 0 radical (unpaired) electrons. The minimum atomic E-state index is -1.27. The standard InChI is InChI=1S/C17H16N4O5/c1-4-21-15(23)10-6-5-9(7-11(10)16(21)24)14(22)18-12-8(2)20(3)19-13(12)17(25)26/h5-7H,4H2,1-3H3,(H,18,22)(H,25,26). The lowest BCUT2D eigenvalue weighted by atomic mass is 10.1. The number of aryl methyl sites for hydroxylation is 1. The van der Waals surface area contributed by atoms with Gasteiger partial charge in [-0.2, -0.15) is 5.10 Å². The molecule has 0 saturated carbocycles. The molecule has 1 aliphatic rings. The van der Waals surface area contributed by atoms with Crippen molar-refractivity contribution in [1.29, 1.82) is 0 Å². The van der Waals surface area contributed by atoms with Crippen LogP contribution in [0.25, 0.3) is 0 Å². The molecule has 1 aromatic heterocycles. The number of carbonyl (C=O) groups is 4. The number of hydrogen-bond acceptors (Lipinski definition) is 5. The second-order valence-electron chi connectivity index (χ2n) is 5.81. The lowest BCUT2D eigenvalue weighted by molar-refractivity contribution is 0.0657. The van der Waals surface area contributed by atoms with Crippen LogP contribution < -0.4 is 5.32 Å². The maximum atomic E-state index is 12.5. The molecule has 134 valence electrons. The molecule has 3 amide bonds. The van der Waals surface area contributed by atoms with Gasteiger partial charge in [0.05, 0.1) is 22.5 Å². The van der Waals surface area contributed by atoms with Crippen LogP contribution in [0.3, 0.4) is 0 Å². The highest BCUT2D eigenvalue weighted by atomic mass is 16.4. The first-order valence-corrected chi connectivity index (χ1v) is 7.84. The number of hydrogen-bond donors (Lipinski definition) is 2. The van der Waals surface area contributed by atoms with Crippen molar-refractivity contribution in [3.05, 3.63) is 46.3 Å². The number of aromatic carboxylic acids is 1. The molecule has 0 saturated heterocycles. The van der Waals surface area contributed by atoms with Gasteiger partial charge in [0.25, 0.3) is 17.7 Å². The van der Waals surface area contributed by atoms with E-state index in [0.29, 0.717) is 5.69 Å². The average Bonchev–Trinajstić information content (AvgIpc) is 3.02. The highest BCUT2D eigenvalue weighted by Crippen LogP contribution is 2.25. The highest BCUT2D eigenvalue weighted by Gasteiger charge is 2.35. The number of imide groups is 1. The van der Waals surface area contributed by atoms with E-state index in [2.05, 4.69) is 10.4 Å². The van der Waals surface area contributed by atoms with Gasteiger partial charge in [0.2, 0.25) is 0 Å². The summed E-state index contributed by atoms with van der Waals surface area (Å²) in [5.41, 5.74) is 0.830. The van der Waals surface area contributed by atoms with Gasteiger partial charge in [-0.05, 0) is 32.0 Å². The minimum Gasteiger partial charge on any atom is -0.476 e. The number of benzene rings is 1. The SMILES string of the molecule is CCN1C(=O)c2ccc(C(=O)Nc3c(C(=O)O)nn(C)c3C)cc2C1=O. The Morgan fingerprint density at radius 1 is 1.19 bits per heavy atom. The summed E-state index contributed by atoms with van der Waals surface area (Å²) in [6.45, 7) is 3.55. The molecular formula is C17H16N4O5. The number of nitrogens with one attached hydrogen (secondary N) is 1. The molecule has 0 bridgehead atoms. The normalized spacial score (nSPS) is 13.1. The van der Waals surface area contributed by atoms with Crippen LogP contribution in [-0.2, 0) is 7.05 Å². The van der Waals surface area contributed by atoms with E-state index in [9.17, 15) is 24.3 Å². The van der Waals surface area contributed by atoms with Crippen molar-refractivity contribution < 1.29 is 24.3 Å². The number of amides is 3. The quantitative estimate of drug-likeness (QED) is 0.796. The van der Waals surface area contributed by atoms with Crippen LogP contribution in [0, 0.1) is 6.92 Å². The Kier molecular flexibility index (Phi) is 4.07. The summed E-state index contributed by atoms with van der Waals surface area (Å²) in [6, 6.07) is 4.19. The third-order valence-electron chi connectivity index (χ3n) is 4.32. The molecule has 0 atom stereocenters. The predicted octanol–water partition coefficient (Wildman–Crippen LogP) is 1.29. The first-order valence-electron chi connectivity index (χ1n) is 7.84. The summed E-state index contributed by atoms with van der Waals surface area (Å²) >= 11 is 0. The van der Waals surface area contributed by atoms with Gasteiger partial charge in [0.1, 0.15) is 0 Å². The lowest BCUT2D eigenvalue weighted by Gasteiger charge is -2.08. The monoisotopic (exact) mass is 356 g/mol. The smallest absolute Gasteiger partial charge is 0.358 e. The van der Waals surface area contributed by atoms with Crippen LogP contribution in [0.4, 0.5) is 5.69 Å². The summed E-state index contributed by atoms with van der Waals surface area (Å²) in [5.74, 6) is -2.71. The van der Waals surface area contributed by atoms with Crippen molar-refractivity contribution >= 4 is 29.4 Å². The summed E-state index contributed by atoms with van der Waals surface area (Å²) in [5, 5.41) is 15.6. The third-order valence-corrected chi connectivity index (χ3v) is 4.32. The number of carboxylic acid groups (broad SMARTS) is 1. The van der Waals surface area contributed by atoms with Crippen molar-refractivity contribution in [1.82, 2.24) is 14.7 Å². The van der Waals surface area contributed by atoms with Crippen LogP contribution in [0.15, 0.2) is 18.2 Å². The number of rotatable bonds is 4. The molecule has 0 spiro atoms. The van der Waals surface area contributed by atoms with Crippen molar-refractivity contribution in [3.63, 3.8) is 0 Å². The number of anilines is 1. The van der Waals surface area contributed by atoms with Gasteiger partial charge in [0, 0.05) is 19.2 Å². The molecule has 9 nitrogen and oxygen atoms in total. The fraction of sp³-hybridized carbons (Fsp3) is 0.235. The van der Waals surface area contributed by atoms with E-state index in [-0.39, 0.29) is 34.6 Å². The third kappa shape index (κ3) is 2.53. The van der Waals surface area contributed by atoms with Crippen molar-refractivity contribution in [3.8, 4) is 0 Å². The molecule has 0 aliphatic carbocycles. The van der Waals surface area contributed by atoms with Crippen molar-refractivity contribution in [2.24, 2.45) is 7.05 Å². The molecule has 9 heteroatoms. The highest BCUT2D eigenvalue weighted by molar-refractivity contribution is 6.22. The Labute approximate surface area is 148 Å². The molecule has 2 aromatic rings. The van der Waals surface area contributed by atoms with E-state index < -0.39 is 23.7 Å². The number of fused-ring (bicyclic) bond motifs is 1. The second-order valence-corrected chi connectivity index (χ2v) is 5.81. The van der Waals surface area contributed by atoms with Gasteiger partial charge in [-0.15, -0.1) is 0 Å². The van der Waals surface area contributed by atoms with E-state index in [4.69, 9.17) is 0 Å².